The molecule has 0 aromatic carbocycles. The lowest BCUT2D eigenvalue weighted by molar-refractivity contribution is -0.128. The normalized spacial score (nSPS) is 17.6. The lowest BCUT2D eigenvalue weighted by atomic mass is 10.0. The summed E-state index contributed by atoms with van der Waals surface area (Å²) >= 11 is 0. The predicted octanol–water partition coefficient (Wildman–Crippen LogP) is 1.72. The molecular formula is C18H20N4O2. The van der Waals surface area contributed by atoms with Crippen molar-refractivity contribution in [1.82, 2.24) is 15.3 Å². The Morgan fingerprint density at radius 2 is 2.04 bits per heavy atom. The Labute approximate surface area is 140 Å². The summed E-state index contributed by atoms with van der Waals surface area (Å²) in [7, 11) is 0. The lowest BCUT2D eigenvalue weighted by Crippen LogP contribution is -2.52. The van der Waals surface area contributed by atoms with Gasteiger partial charge in [0.15, 0.2) is 0 Å². The van der Waals surface area contributed by atoms with Crippen LogP contribution in [0.1, 0.15) is 24.8 Å². The number of amides is 2. The summed E-state index contributed by atoms with van der Waals surface area (Å²) < 4.78 is 0. The first-order valence-corrected chi connectivity index (χ1v) is 8.14. The molecule has 1 saturated heterocycles. The van der Waals surface area contributed by atoms with Crippen LogP contribution in [0.25, 0.3) is 0 Å². The molecule has 2 aromatic rings. The summed E-state index contributed by atoms with van der Waals surface area (Å²) in [5, 5.41) is 2.87. The molecule has 0 spiro atoms. The van der Waals surface area contributed by atoms with E-state index < -0.39 is 6.04 Å². The molecule has 3 rings (SSSR count). The Morgan fingerprint density at radius 1 is 1.21 bits per heavy atom. The number of aromatic nitrogens is 2. The fourth-order valence-corrected chi connectivity index (χ4v) is 2.85. The van der Waals surface area contributed by atoms with Crippen molar-refractivity contribution in [1.29, 1.82) is 0 Å². The minimum Gasteiger partial charge on any atom is -0.344 e. The number of hydrogen-bond donors (Lipinski definition) is 1. The number of rotatable bonds is 5. The van der Waals surface area contributed by atoms with E-state index in [-0.39, 0.29) is 11.8 Å². The molecule has 0 bridgehead atoms. The second-order valence-corrected chi connectivity index (χ2v) is 5.82. The van der Waals surface area contributed by atoms with Crippen LogP contribution in [0.15, 0.2) is 49.1 Å². The van der Waals surface area contributed by atoms with E-state index in [1.54, 1.807) is 35.8 Å². The summed E-state index contributed by atoms with van der Waals surface area (Å²) in [5.74, 6) is -0.162. The molecule has 0 saturated carbocycles. The van der Waals surface area contributed by atoms with Crippen LogP contribution in [-0.2, 0) is 16.0 Å². The highest BCUT2D eigenvalue weighted by molar-refractivity contribution is 5.99. The molecule has 1 aliphatic heterocycles. The number of carbonyl (C=O) groups excluding carboxylic acids is 2. The lowest BCUT2D eigenvalue weighted by Gasteiger charge is -2.32. The van der Waals surface area contributed by atoms with Gasteiger partial charge in [0.05, 0.1) is 11.9 Å². The molecule has 2 aromatic heterocycles. The Bertz CT molecular complexity index is 691. The predicted molar refractivity (Wildman–Crippen MR) is 90.3 cm³/mol. The first-order chi connectivity index (χ1) is 11.7. The average Bonchev–Trinajstić information content (AvgIpc) is 2.63. The van der Waals surface area contributed by atoms with Crippen molar-refractivity contribution < 1.29 is 9.59 Å². The van der Waals surface area contributed by atoms with Crippen LogP contribution < -0.4 is 10.2 Å². The number of anilines is 1. The van der Waals surface area contributed by atoms with E-state index >= 15 is 0 Å². The van der Waals surface area contributed by atoms with Crippen molar-refractivity contribution in [3.63, 3.8) is 0 Å². The highest BCUT2D eigenvalue weighted by Gasteiger charge is 2.30. The third-order valence-electron chi connectivity index (χ3n) is 4.12. The zero-order chi connectivity index (χ0) is 16.8. The van der Waals surface area contributed by atoms with Gasteiger partial charge in [-0.3, -0.25) is 19.6 Å². The van der Waals surface area contributed by atoms with Gasteiger partial charge in [-0.05, 0) is 49.1 Å². The van der Waals surface area contributed by atoms with Crippen LogP contribution in [-0.4, -0.2) is 34.4 Å². The van der Waals surface area contributed by atoms with Gasteiger partial charge in [0.2, 0.25) is 11.8 Å². The monoisotopic (exact) mass is 324 g/mol. The third kappa shape index (κ3) is 3.95. The van der Waals surface area contributed by atoms with Gasteiger partial charge < -0.3 is 10.2 Å². The Kier molecular flexibility index (Phi) is 5.15. The standard InChI is InChI=1S/C18H20N4O2/c23-17(6-5-14-7-10-19-11-8-14)21-16-4-2-12-22(18(16)24)15-3-1-9-20-13-15/h1,3,7-11,13,16H,2,4-6,12H2,(H,21,23). The van der Waals surface area contributed by atoms with Gasteiger partial charge in [-0.15, -0.1) is 0 Å². The van der Waals surface area contributed by atoms with Crippen molar-refractivity contribution in [3.05, 3.63) is 54.6 Å². The molecule has 3 heterocycles. The maximum atomic E-state index is 12.6. The molecule has 124 valence electrons. The van der Waals surface area contributed by atoms with Gasteiger partial charge in [0, 0.05) is 31.6 Å². The van der Waals surface area contributed by atoms with E-state index in [2.05, 4.69) is 15.3 Å². The Balaban J connectivity index is 1.56. The molecule has 1 aliphatic rings. The molecule has 0 radical (unpaired) electrons. The molecule has 6 heteroatoms. The van der Waals surface area contributed by atoms with Crippen molar-refractivity contribution in [2.75, 3.05) is 11.4 Å². The summed E-state index contributed by atoms with van der Waals surface area (Å²) in [5.41, 5.74) is 1.84. The maximum absolute atomic E-state index is 12.6. The van der Waals surface area contributed by atoms with Gasteiger partial charge >= 0.3 is 0 Å². The number of hydrogen-bond acceptors (Lipinski definition) is 4. The van der Waals surface area contributed by atoms with Crippen molar-refractivity contribution in [2.45, 2.75) is 31.7 Å². The summed E-state index contributed by atoms with van der Waals surface area (Å²) in [6, 6.07) is 6.99. The molecule has 0 aliphatic carbocycles. The largest absolute Gasteiger partial charge is 0.344 e. The summed E-state index contributed by atoms with van der Waals surface area (Å²) in [6.07, 6.45) is 9.31. The van der Waals surface area contributed by atoms with E-state index in [4.69, 9.17) is 0 Å². The minimum atomic E-state index is -0.455. The Morgan fingerprint density at radius 3 is 2.79 bits per heavy atom. The Hall–Kier alpha value is -2.76. The highest BCUT2D eigenvalue weighted by atomic mass is 16.2. The van der Waals surface area contributed by atoms with Crippen LogP contribution >= 0.6 is 0 Å². The topological polar surface area (TPSA) is 75.2 Å². The van der Waals surface area contributed by atoms with Crippen molar-refractivity contribution >= 4 is 17.5 Å². The third-order valence-corrected chi connectivity index (χ3v) is 4.12. The molecule has 6 nitrogen and oxygen atoms in total. The number of piperidine rings is 1. The van der Waals surface area contributed by atoms with E-state index in [1.165, 1.54) is 0 Å². The van der Waals surface area contributed by atoms with Crippen LogP contribution in [0, 0.1) is 0 Å². The second kappa shape index (κ2) is 7.68. The molecule has 1 atom stereocenters. The average molecular weight is 324 g/mol. The first kappa shape index (κ1) is 16.1. The van der Waals surface area contributed by atoms with E-state index in [0.29, 0.717) is 25.8 Å². The van der Waals surface area contributed by atoms with Gasteiger partial charge in [0.25, 0.3) is 0 Å². The molecule has 1 unspecified atom stereocenters. The molecule has 1 fully saturated rings. The smallest absolute Gasteiger partial charge is 0.249 e. The van der Waals surface area contributed by atoms with E-state index in [0.717, 1.165) is 17.7 Å². The zero-order valence-electron chi connectivity index (χ0n) is 13.4. The summed E-state index contributed by atoms with van der Waals surface area (Å²) in [4.78, 5) is 34.5. The van der Waals surface area contributed by atoms with Crippen LogP contribution in [0.5, 0.6) is 0 Å². The molecule has 24 heavy (non-hydrogen) atoms. The van der Waals surface area contributed by atoms with E-state index in [1.807, 2.05) is 18.2 Å². The second-order valence-electron chi connectivity index (χ2n) is 5.82. The number of nitrogens with one attached hydrogen (secondary N) is 1. The fraction of sp³-hybridized carbons (Fsp3) is 0.333. The maximum Gasteiger partial charge on any atom is 0.249 e. The molecular weight excluding hydrogens is 304 g/mol. The number of aryl methyl sites for hydroxylation is 1. The van der Waals surface area contributed by atoms with Gasteiger partial charge in [-0.2, -0.15) is 0 Å². The minimum absolute atomic E-state index is 0.0634. The van der Waals surface area contributed by atoms with E-state index in [9.17, 15) is 9.59 Å². The van der Waals surface area contributed by atoms with Crippen LogP contribution in [0.3, 0.4) is 0 Å². The molecule has 1 N–H and O–H groups in total. The molecule has 2 amide bonds. The number of carbonyl (C=O) groups is 2. The first-order valence-electron chi connectivity index (χ1n) is 8.14. The highest BCUT2D eigenvalue weighted by Crippen LogP contribution is 2.20. The van der Waals surface area contributed by atoms with Crippen molar-refractivity contribution in [2.24, 2.45) is 0 Å². The summed E-state index contributed by atoms with van der Waals surface area (Å²) in [6.45, 7) is 0.661. The quantitative estimate of drug-likeness (QED) is 0.909. The van der Waals surface area contributed by atoms with Crippen molar-refractivity contribution in [3.8, 4) is 0 Å². The fourth-order valence-electron chi connectivity index (χ4n) is 2.85. The van der Waals surface area contributed by atoms with Crippen LogP contribution in [0.2, 0.25) is 0 Å². The zero-order valence-corrected chi connectivity index (χ0v) is 13.4. The van der Waals surface area contributed by atoms with Crippen LogP contribution in [0.4, 0.5) is 5.69 Å². The van der Waals surface area contributed by atoms with Gasteiger partial charge in [-0.1, -0.05) is 0 Å². The number of nitrogens with zero attached hydrogens (tertiary/aromatic N) is 3. The SMILES string of the molecule is O=C(CCc1ccncc1)NC1CCCN(c2cccnc2)C1=O. The van der Waals surface area contributed by atoms with Gasteiger partial charge in [-0.25, -0.2) is 0 Å². The number of pyridine rings is 2. The van der Waals surface area contributed by atoms with Gasteiger partial charge in [0.1, 0.15) is 6.04 Å².